The highest BCUT2D eigenvalue weighted by Gasteiger charge is 2.46. The number of rotatable bonds is 3. The second-order valence-electron chi connectivity index (χ2n) is 6.55. The molecule has 0 radical (unpaired) electrons. The first-order valence-electron chi connectivity index (χ1n) is 8.43. The van der Waals surface area contributed by atoms with E-state index >= 15 is 0 Å². The van der Waals surface area contributed by atoms with Crippen molar-refractivity contribution >= 4 is 53.3 Å². The van der Waals surface area contributed by atoms with Gasteiger partial charge in [0, 0.05) is 18.1 Å². The SMILES string of the molecule is Cl.Cl.NC1=N[C@@]2(c3ccc(F)c(NC(=O)c4cncnc4)c3)CCC[C@H]2CS1. The molecular formula is C18H20Cl2FN5OS. The summed E-state index contributed by atoms with van der Waals surface area (Å²) in [6.45, 7) is 0. The van der Waals surface area contributed by atoms with Crippen LogP contribution in [-0.4, -0.2) is 26.8 Å². The Morgan fingerprint density at radius 3 is 2.79 bits per heavy atom. The van der Waals surface area contributed by atoms with Gasteiger partial charge in [-0.15, -0.1) is 24.8 Å². The van der Waals surface area contributed by atoms with Crippen molar-refractivity contribution in [3.05, 3.63) is 53.9 Å². The summed E-state index contributed by atoms with van der Waals surface area (Å²) in [5.41, 5.74) is 6.86. The third-order valence-corrected chi connectivity index (χ3v) is 6.02. The molecule has 0 saturated heterocycles. The van der Waals surface area contributed by atoms with Gasteiger partial charge in [-0.2, -0.15) is 0 Å². The predicted octanol–water partition coefficient (Wildman–Crippen LogP) is 3.77. The normalized spacial score (nSPS) is 22.9. The quantitative estimate of drug-likeness (QED) is 0.752. The van der Waals surface area contributed by atoms with Crippen LogP contribution in [0.25, 0.3) is 0 Å². The molecule has 1 amide bonds. The van der Waals surface area contributed by atoms with Crippen LogP contribution in [0.3, 0.4) is 0 Å². The smallest absolute Gasteiger partial charge is 0.258 e. The van der Waals surface area contributed by atoms with E-state index in [2.05, 4.69) is 15.3 Å². The first kappa shape index (κ1) is 22.4. The van der Waals surface area contributed by atoms with Crippen molar-refractivity contribution < 1.29 is 9.18 Å². The topological polar surface area (TPSA) is 93.3 Å². The van der Waals surface area contributed by atoms with Gasteiger partial charge < -0.3 is 11.1 Å². The average molecular weight is 444 g/mol. The molecule has 6 nitrogen and oxygen atoms in total. The number of nitrogens with two attached hydrogens (primary N) is 1. The fraction of sp³-hybridized carbons (Fsp3) is 0.333. The molecule has 0 unspecified atom stereocenters. The lowest BCUT2D eigenvalue weighted by Crippen LogP contribution is -2.36. The van der Waals surface area contributed by atoms with Crippen LogP contribution in [0.1, 0.15) is 35.2 Å². The largest absolute Gasteiger partial charge is 0.379 e. The van der Waals surface area contributed by atoms with E-state index < -0.39 is 17.3 Å². The van der Waals surface area contributed by atoms with Crippen LogP contribution < -0.4 is 11.1 Å². The summed E-state index contributed by atoms with van der Waals surface area (Å²) in [6, 6.07) is 4.81. The molecule has 1 saturated carbocycles. The number of halogens is 3. The predicted molar refractivity (Wildman–Crippen MR) is 114 cm³/mol. The van der Waals surface area contributed by atoms with Crippen molar-refractivity contribution in [1.82, 2.24) is 9.97 Å². The number of nitrogens with zero attached hydrogens (tertiary/aromatic N) is 3. The summed E-state index contributed by atoms with van der Waals surface area (Å²) < 4.78 is 14.3. The highest BCUT2D eigenvalue weighted by Crippen LogP contribution is 2.51. The number of aliphatic imine (C=N–C) groups is 1. The minimum absolute atomic E-state index is 0. The molecule has 2 aromatic rings. The van der Waals surface area contributed by atoms with Crippen molar-refractivity contribution in [2.45, 2.75) is 24.8 Å². The number of amides is 1. The van der Waals surface area contributed by atoms with Crippen LogP contribution >= 0.6 is 36.6 Å². The molecule has 1 aliphatic carbocycles. The van der Waals surface area contributed by atoms with Gasteiger partial charge in [0.2, 0.25) is 0 Å². The minimum atomic E-state index is -0.493. The molecule has 1 aromatic heterocycles. The average Bonchev–Trinajstić information content (AvgIpc) is 3.08. The molecule has 1 fully saturated rings. The summed E-state index contributed by atoms with van der Waals surface area (Å²) in [7, 11) is 0. The van der Waals surface area contributed by atoms with E-state index in [0.29, 0.717) is 11.1 Å². The number of nitrogens with one attached hydrogen (secondary N) is 1. The number of anilines is 1. The molecule has 2 aliphatic rings. The lowest BCUT2D eigenvalue weighted by atomic mass is 9.81. The van der Waals surface area contributed by atoms with Gasteiger partial charge in [-0.3, -0.25) is 9.79 Å². The maximum absolute atomic E-state index is 14.3. The van der Waals surface area contributed by atoms with E-state index in [0.717, 1.165) is 30.6 Å². The first-order valence-corrected chi connectivity index (χ1v) is 9.41. The Kier molecular flexibility index (Phi) is 7.25. The number of amidine groups is 1. The molecule has 1 aliphatic heterocycles. The van der Waals surface area contributed by atoms with Gasteiger partial charge in [-0.05, 0) is 36.5 Å². The summed E-state index contributed by atoms with van der Waals surface area (Å²) in [5.74, 6) is 0.336. The second kappa shape index (κ2) is 9.07. The summed E-state index contributed by atoms with van der Waals surface area (Å²) >= 11 is 1.57. The van der Waals surface area contributed by atoms with E-state index in [4.69, 9.17) is 10.7 Å². The highest BCUT2D eigenvalue weighted by molar-refractivity contribution is 8.13. The van der Waals surface area contributed by atoms with Crippen LogP contribution in [0.15, 0.2) is 41.9 Å². The summed E-state index contributed by atoms with van der Waals surface area (Å²) in [4.78, 5) is 24.7. The van der Waals surface area contributed by atoms with Crippen LogP contribution in [0, 0.1) is 11.7 Å². The highest BCUT2D eigenvalue weighted by atomic mass is 35.5. The van der Waals surface area contributed by atoms with E-state index in [9.17, 15) is 9.18 Å². The molecule has 1 aromatic carbocycles. The van der Waals surface area contributed by atoms with Crippen molar-refractivity contribution in [3.8, 4) is 0 Å². The standard InChI is InChI=1S/C18H18FN5OS.2ClH/c19-14-4-3-12(18-5-1-2-13(18)9-26-17(20)24-18)6-15(14)23-16(25)11-7-21-10-22-8-11;;/h3-4,6-8,10,13H,1-2,5,9H2,(H2,20,24)(H,23,25);2*1H/t13-,18+;;/m0../s1. The Morgan fingerprint density at radius 2 is 2.04 bits per heavy atom. The molecule has 2 atom stereocenters. The minimum Gasteiger partial charge on any atom is -0.379 e. The van der Waals surface area contributed by atoms with Crippen molar-refractivity contribution in [1.29, 1.82) is 0 Å². The third-order valence-electron chi connectivity index (χ3n) is 5.07. The maximum atomic E-state index is 14.3. The fourth-order valence-corrected chi connectivity index (χ4v) is 4.83. The van der Waals surface area contributed by atoms with E-state index in [1.54, 1.807) is 23.9 Å². The van der Waals surface area contributed by atoms with Gasteiger partial charge >= 0.3 is 0 Å². The number of fused-ring (bicyclic) bond motifs is 1. The van der Waals surface area contributed by atoms with E-state index in [1.807, 2.05) is 0 Å². The van der Waals surface area contributed by atoms with Gasteiger partial charge in [-0.25, -0.2) is 14.4 Å². The van der Waals surface area contributed by atoms with Crippen LogP contribution in [-0.2, 0) is 5.54 Å². The lowest BCUT2D eigenvalue weighted by Gasteiger charge is -2.36. The molecule has 0 bridgehead atoms. The van der Waals surface area contributed by atoms with Gasteiger partial charge in [0.25, 0.3) is 5.91 Å². The molecule has 10 heteroatoms. The zero-order valence-corrected chi connectivity index (χ0v) is 17.2. The molecular weight excluding hydrogens is 424 g/mol. The zero-order valence-electron chi connectivity index (χ0n) is 14.8. The van der Waals surface area contributed by atoms with Gasteiger partial charge in [0.05, 0.1) is 16.8 Å². The maximum Gasteiger partial charge on any atom is 0.258 e. The number of aromatic nitrogens is 2. The van der Waals surface area contributed by atoms with Crippen LogP contribution in [0.2, 0.25) is 0 Å². The summed E-state index contributed by atoms with van der Waals surface area (Å²) in [6.07, 6.45) is 7.12. The molecule has 0 spiro atoms. The van der Waals surface area contributed by atoms with Crippen molar-refractivity contribution in [2.75, 3.05) is 11.1 Å². The molecule has 28 heavy (non-hydrogen) atoms. The van der Waals surface area contributed by atoms with Crippen LogP contribution in [0.5, 0.6) is 0 Å². The van der Waals surface area contributed by atoms with E-state index in [-0.39, 0.29) is 36.1 Å². The Bertz CT molecular complexity index is 886. The van der Waals surface area contributed by atoms with Crippen molar-refractivity contribution in [3.63, 3.8) is 0 Å². The molecule has 150 valence electrons. The number of hydrogen-bond acceptors (Lipinski definition) is 6. The number of thioether (sulfide) groups is 1. The zero-order chi connectivity index (χ0) is 18.1. The Morgan fingerprint density at radius 1 is 1.29 bits per heavy atom. The lowest BCUT2D eigenvalue weighted by molar-refractivity contribution is 0.102. The summed E-state index contributed by atoms with van der Waals surface area (Å²) in [5, 5.41) is 3.18. The molecule has 3 N–H and O–H groups in total. The fourth-order valence-electron chi connectivity index (χ4n) is 3.79. The second-order valence-corrected chi connectivity index (χ2v) is 7.59. The monoisotopic (exact) mass is 443 g/mol. The van der Waals surface area contributed by atoms with Gasteiger partial charge in [0.1, 0.15) is 12.1 Å². The van der Waals surface area contributed by atoms with Gasteiger partial charge in [0.15, 0.2) is 5.17 Å². The number of benzene rings is 1. The van der Waals surface area contributed by atoms with Crippen LogP contribution in [0.4, 0.5) is 10.1 Å². The molecule has 4 rings (SSSR count). The first-order chi connectivity index (χ1) is 12.6. The Balaban J connectivity index is 0.00000140. The van der Waals surface area contributed by atoms with Gasteiger partial charge in [-0.1, -0.05) is 24.2 Å². The Labute approximate surface area is 178 Å². The van der Waals surface area contributed by atoms with Crippen molar-refractivity contribution in [2.24, 2.45) is 16.6 Å². The number of carbonyl (C=O) groups excluding carboxylic acids is 1. The number of hydrogen-bond donors (Lipinski definition) is 2. The molecule has 2 heterocycles. The number of carbonyl (C=O) groups is 1. The van der Waals surface area contributed by atoms with E-state index in [1.165, 1.54) is 24.8 Å². The Hall–Kier alpha value is -1.90. The third kappa shape index (κ3) is 4.09.